The van der Waals surface area contributed by atoms with Gasteiger partial charge in [0.1, 0.15) is 22.3 Å². The molecule has 3 rings (SSSR count). The maximum atomic E-state index is 13.9. The van der Waals surface area contributed by atoms with Gasteiger partial charge in [0.15, 0.2) is 0 Å². The molecule has 28 heavy (non-hydrogen) atoms. The quantitative estimate of drug-likeness (QED) is 0.760. The highest BCUT2D eigenvalue weighted by atomic mass is 32.2. The summed E-state index contributed by atoms with van der Waals surface area (Å²) in [4.78, 5) is 13.6. The molecule has 0 radical (unpaired) electrons. The SMILES string of the molecule is CCOc1ccc(C(=O)N2CCN(S(=O)(=O)c3ccc(F)cc3F)CC2)cc1. The number of ether oxygens (including phenoxy) is 1. The number of nitrogens with zero attached hydrogens (tertiary/aromatic N) is 2. The van der Waals surface area contributed by atoms with E-state index >= 15 is 0 Å². The second-order valence-electron chi connectivity index (χ2n) is 6.23. The molecular weight excluding hydrogens is 390 g/mol. The zero-order valence-electron chi connectivity index (χ0n) is 15.3. The minimum Gasteiger partial charge on any atom is -0.494 e. The van der Waals surface area contributed by atoms with Gasteiger partial charge >= 0.3 is 0 Å². The van der Waals surface area contributed by atoms with E-state index in [0.29, 0.717) is 24.0 Å². The number of sulfonamides is 1. The molecule has 0 aliphatic carbocycles. The molecule has 0 unspecified atom stereocenters. The Hall–Kier alpha value is -2.52. The number of hydrogen-bond acceptors (Lipinski definition) is 4. The van der Waals surface area contributed by atoms with E-state index in [0.717, 1.165) is 16.4 Å². The number of amides is 1. The molecule has 6 nitrogen and oxygen atoms in total. The van der Waals surface area contributed by atoms with E-state index in [1.54, 1.807) is 29.2 Å². The van der Waals surface area contributed by atoms with Crippen molar-refractivity contribution in [3.8, 4) is 5.75 Å². The van der Waals surface area contributed by atoms with Gasteiger partial charge in [0.25, 0.3) is 5.91 Å². The van der Waals surface area contributed by atoms with E-state index < -0.39 is 26.6 Å². The molecule has 0 spiro atoms. The number of hydrogen-bond donors (Lipinski definition) is 0. The Bertz CT molecular complexity index is 956. The molecule has 0 N–H and O–H groups in total. The highest BCUT2D eigenvalue weighted by Crippen LogP contribution is 2.22. The maximum Gasteiger partial charge on any atom is 0.253 e. The van der Waals surface area contributed by atoms with Crippen molar-refractivity contribution >= 4 is 15.9 Å². The number of halogens is 2. The first-order valence-corrected chi connectivity index (χ1v) is 10.2. The predicted molar refractivity (Wildman–Crippen MR) is 98.6 cm³/mol. The molecule has 150 valence electrons. The molecule has 2 aromatic carbocycles. The highest BCUT2D eigenvalue weighted by molar-refractivity contribution is 7.89. The van der Waals surface area contributed by atoms with Crippen molar-refractivity contribution in [2.75, 3.05) is 32.8 Å². The second kappa shape index (κ2) is 8.24. The zero-order valence-corrected chi connectivity index (χ0v) is 16.1. The summed E-state index contributed by atoms with van der Waals surface area (Å²) in [5, 5.41) is 0. The van der Waals surface area contributed by atoms with Crippen LogP contribution in [0.2, 0.25) is 0 Å². The molecule has 2 aromatic rings. The minimum absolute atomic E-state index is 0.0297. The van der Waals surface area contributed by atoms with Crippen LogP contribution in [0.15, 0.2) is 47.4 Å². The zero-order chi connectivity index (χ0) is 20.3. The molecule has 0 atom stereocenters. The molecule has 1 aliphatic rings. The van der Waals surface area contributed by atoms with E-state index in [4.69, 9.17) is 4.74 Å². The van der Waals surface area contributed by atoms with Crippen molar-refractivity contribution in [2.45, 2.75) is 11.8 Å². The Balaban J connectivity index is 1.67. The van der Waals surface area contributed by atoms with Crippen LogP contribution in [0.25, 0.3) is 0 Å². The van der Waals surface area contributed by atoms with Crippen LogP contribution >= 0.6 is 0 Å². The van der Waals surface area contributed by atoms with Gasteiger partial charge in [0.2, 0.25) is 10.0 Å². The lowest BCUT2D eigenvalue weighted by Gasteiger charge is -2.34. The van der Waals surface area contributed by atoms with E-state index in [9.17, 15) is 22.0 Å². The molecule has 1 heterocycles. The summed E-state index contributed by atoms with van der Waals surface area (Å²) in [6.07, 6.45) is 0. The summed E-state index contributed by atoms with van der Waals surface area (Å²) < 4.78 is 58.6. The monoisotopic (exact) mass is 410 g/mol. The van der Waals surface area contributed by atoms with Crippen LogP contribution in [-0.2, 0) is 10.0 Å². The Morgan fingerprint density at radius 3 is 2.25 bits per heavy atom. The molecule has 0 saturated carbocycles. The van der Waals surface area contributed by atoms with Crippen molar-refractivity contribution in [1.29, 1.82) is 0 Å². The average molecular weight is 410 g/mol. The summed E-state index contributed by atoms with van der Waals surface area (Å²) in [5.41, 5.74) is 0.476. The van der Waals surface area contributed by atoms with Crippen molar-refractivity contribution in [3.63, 3.8) is 0 Å². The lowest BCUT2D eigenvalue weighted by Crippen LogP contribution is -2.50. The summed E-state index contributed by atoms with van der Waals surface area (Å²) >= 11 is 0. The predicted octanol–water partition coefficient (Wildman–Crippen LogP) is 2.51. The van der Waals surface area contributed by atoms with Crippen LogP contribution in [0, 0.1) is 11.6 Å². The average Bonchev–Trinajstić information content (AvgIpc) is 2.68. The molecule has 1 amide bonds. The number of rotatable bonds is 5. The van der Waals surface area contributed by atoms with Gasteiger partial charge < -0.3 is 9.64 Å². The van der Waals surface area contributed by atoms with Crippen molar-refractivity contribution < 1.29 is 26.7 Å². The maximum absolute atomic E-state index is 13.9. The first-order chi connectivity index (χ1) is 13.3. The second-order valence-corrected chi connectivity index (χ2v) is 8.13. The Morgan fingerprint density at radius 1 is 1.04 bits per heavy atom. The topological polar surface area (TPSA) is 66.9 Å². The molecule has 1 fully saturated rings. The van der Waals surface area contributed by atoms with Crippen LogP contribution in [0.3, 0.4) is 0 Å². The summed E-state index contributed by atoms with van der Waals surface area (Å²) in [7, 11) is -4.10. The van der Waals surface area contributed by atoms with E-state index in [2.05, 4.69) is 0 Å². The fraction of sp³-hybridized carbons (Fsp3) is 0.316. The van der Waals surface area contributed by atoms with Crippen LogP contribution in [0.1, 0.15) is 17.3 Å². The smallest absolute Gasteiger partial charge is 0.253 e. The Morgan fingerprint density at radius 2 is 1.68 bits per heavy atom. The normalized spacial score (nSPS) is 15.5. The number of carbonyl (C=O) groups excluding carboxylic acids is 1. The summed E-state index contributed by atoms with van der Waals surface area (Å²) in [6.45, 7) is 2.80. The van der Waals surface area contributed by atoms with Gasteiger partial charge in [0.05, 0.1) is 6.61 Å². The molecular formula is C19H20F2N2O4S. The fourth-order valence-electron chi connectivity index (χ4n) is 3.00. The van der Waals surface area contributed by atoms with Gasteiger partial charge in [-0.25, -0.2) is 17.2 Å². The first-order valence-electron chi connectivity index (χ1n) is 8.80. The van der Waals surface area contributed by atoms with E-state index in [-0.39, 0.29) is 32.1 Å². The number of piperazine rings is 1. The Labute approximate surface area is 162 Å². The van der Waals surface area contributed by atoms with E-state index in [1.807, 2.05) is 6.92 Å². The summed E-state index contributed by atoms with van der Waals surface area (Å²) in [6, 6.07) is 9.08. The van der Waals surface area contributed by atoms with Gasteiger partial charge in [-0.3, -0.25) is 4.79 Å². The standard InChI is InChI=1S/C19H20F2N2O4S/c1-2-27-16-6-3-14(4-7-16)19(24)22-9-11-23(12-10-22)28(25,26)18-8-5-15(20)13-17(18)21/h3-8,13H,2,9-12H2,1H3. The van der Waals surface area contributed by atoms with Crippen LogP contribution in [-0.4, -0.2) is 56.3 Å². The van der Waals surface area contributed by atoms with Crippen LogP contribution in [0.5, 0.6) is 5.75 Å². The van der Waals surface area contributed by atoms with Gasteiger partial charge in [-0.1, -0.05) is 0 Å². The van der Waals surface area contributed by atoms with Gasteiger partial charge in [0, 0.05) is 37.8 Å². The number of carbonyl (C=O) groups is 1. The molecule has 9 heteroatoms. The van der Waals surface area contributed by atoms with Crippen molar-refractivity contribution in [2.24, 2.45) is 0 Å². The van der Waals surface area contributed by atoms with Gasteiger partial charge in [-0.2, -0.15) is 4.31 Å². The van der Waals surface area contributed by atoms with Gasteiger partial charge in [-0.15, -0.1) is 0 Å². The van der Waals surface area contributed by atoms with Gasteiger partial charge in [-0.05, 0) is 43.3 Å². The molecule has 1 aliphatic heterocycles. The van der Waals surface area contributed by atoms with E-state index in [1.165, 1.54) is 0 Å². The summed E-state index contributed by atoms with van der Waals surface area (Å²) in [5.74, 6) is -1.53. The fourth-order valence-corrected chi connectivity index (χ4v) is 4.47. The van der Waals surface area contributed by atoms with Crippen LogP contribution < -0.4 is 4.74 Å². The lowest BCUT2D eigenvalue weighted by atomic mass is 10.2. The molecule has 0 bridgehead atoms. The first kappa shape index (κ1) is 20.2. The van der Waals surface area contributed by atoms with Crippen molar-refractivity contribution in [3.05, 3.63) is 59.7 Å². The third-order valence-electron chi connectivity index (χ3n) is 4.45. The minimum atomic E-state index is -4.10. The highest BCUT2D eigenvalue weighted by Gasteiger charge is 2.32. The van der Waals surface area contributed by atoms with Crippen LogP contribution in [0.4, 0.5) is 8.78 Å². The third-order valence-corrected chi connectivity index (χ3v) is 6.38. The number of benzene rings is 2. The Kier molecular flexibility index (Phi) is 5.95. The largest absolute Gasteiger partial charge is 0.494 e. The lowest BCUT2D eigenvalue weighted by molar-refractivity contribution is 0.0697. The third kappa shape index (κ3) is 4.15. The van der Waals surface area contributed by atoms with Crippen molar-refractivity contribution in [1.82, 2.24) is 9.21 Å². The molecule has 1 saturated heterocycles. The molecule has 0 aromatic heterocycles.